The first-order valence-electron chi connectivity index (χ1n) is 9.69. The van der Waals surface area contributed by atoms with Crippen molar-refractivity contribution in [1.29, 1.82) is 0 Å². The molecule has 166 valence electrons. The molecule has 1 atom stereocenters. The molecule has 0 aliphatic carbocycles. The molecule has 1 aliphatic rings. The molecule has 0 bridgehead atoms. The molecule has 3 rings (SSSR count). The lowest BCUT2D eigenvalue weighted by Crippen LogP contribution is -2.48. The van der Waals surface area contributed by atoms with Gasteiger partial charge in [0.05, 0.1) is 36.8 Å². The Labute approximate surface area is 182 Å². The molecular weight excluding hydrogens is 420 g/mol. The summed E-state index contributed by atoms with van der Waals surface area (Å²) in [4.78, 5) is 24.9. The number of anilines is 2. The van der Waals surface area contributed by atoms with Gasteiger partial charge in [-0.05, 0) is 35.2 Å². The van der Waals surface area contributed by atoms with Gasteiger partial charge in [0.2, 0.25) is 10.0 Å². The number of benzene rings is 2. The fourth-order valence-electron chi connectivity index (χ4n) is 3.26. The van der Waals surface area contributed by atoms with Gasteiger partial charge >= 0.3 is 5.97 Å². The highest BCUT2D eigenvalue weighted by Gasteiger charge is 2.36. The van der Waals surface area contributed by atoms with Gasteiger partial charge < -0.3 is 14.8 Å². The van der Waals surface area contributed by atoms with Gasteiger partial charge in [0.15, 0.2) is 6.10 Å². The highest BCUT2D eigenvalue weighted by Crippen LogP contribution is 2.38. The molecule has 1 aliphatic heterocycles. The molecule has 0 saturated carbocycles. The van der Waals surface area contributed by atoms with Gasteiger partial charge in [-0.15, -0.1) is 0 Å². The summed E-state index contributed by atoms with van der Waals surface area (Å²) in [5, 5.41) is 2.65. The summed E-state index contributed by atoms with van der Waals surface area (Å²) in [5.74, 6) is -0.875. The average molecular weight is 447 g/mol. The van der Waals surface area contributed by atoms with Crippen molar-refractivity contribution >= 4 is 33.3 Å². The standard InChI is InChI=1S/C22H26N2O6S/c1-22(2,3)14-10-11-18-17(12-14)24(31(5,27)28)13-19(30-18)20(25)23-16-9-7-6-8-15(16)21(26)29-4/h6-12,19H,13H2,1-5H3,(H,23,25)/t19-/m0/s1. The molecule has 1 heterocycles. The maximum atomic E-state index is 12.9. The Morgan fingerprint density at radius 3 is 2.45 bits per heavy atom. The minimum absolute atomic E-state index is 0.185. The number of sulfonamides is 1. The van der Waals surface area contributed by atoms with Crippen LogP contribution < -0.4 is 14.4 Å². The van der Waals surface area contributed by atoms with Crippen LogP contribution in [-0.2, 0) is 25.0 Å². The summed E-state index contributed by atoms with van der Waals surface area (Å²) in [6.45, 7) is 5.89. The molecule has 0 radical (unpaired) electrons. The number of fused-ring (bicyclic) bond motifs is 1. The Morgan fingerprint density at radius 1 is 1.16 bits per heavy atom. The third-order valence-corrected chi connectivity index (χ3v) is 6.12. The van der Waals surface area contributed by atoms with Crippen LogP contribution in [0.3, 0.4) is 0 Å². The van der Waals surface area contributed by atoms with Crippen LogP contribution in [0.5, 0.6) is 5.75 Å². The van der Waals surface area contributed by atoms with Crippen LogP contribution in [0.4, 0.5) is 11.4 Å². The second-order valence-corrected chi connectivity index (χ2v) is 10.3. The number of hydrogen-bond acceptors (Lipinski definition) is 6. The molecule has 0 unspecified atom stereocenters. The molecular formula is C22H26N2O6S. The second kappa shape index (κ2) is 8.22. The van der Waals surface area contributed by atoms with Crippen LogP contribution >= 0.6 is 0 Å². The smallest absolute Gasteiger partial charge is 0.339 e. The van der Waals surface area contributed by atoms with Crippen molar-refractivity contribution in [3.63, 3.8) is 0 Å². The molecule has 9 heteroatoms. The number of amides is 1. The number of nitrogens with zero attached hydrogens (tertiary/aromatic N) is 1. The normalized spacial score (nSPS) is 16.2. The van der Waals surface area contributed by atoms with Crippen LogP contribution in [0.25, 0.3) is 0 Å². The van der Waals surface area contributed by atoms with Gasteiger partial charge in [-0.25, -0.2) is 13.2 Å². The number of hydrogen-bond donors (Lipinski definition) is 1. The fraction of sp³-hybridized carbons (Fsp3) is 0.364. The predicted molar refractivity (Wildman–Crippen MR) is 118 cm³/mol. The summed E-state index contributed by atoms with van der Waals surface area (Å²) < 4.78 is 36.8. The minimum Gasteiger partial charge on any atom is -0.476 e. The van der Waals surface area contributed by atoms with Gasteiger partial charge in [-0.2, -0.15) is 0 Å². The zero-order valence-corrected chi connectivity index (χ0v) is 18.9. The summed E-state index contributed by atoms with van der Waals surface area (Å²) in [6, 6.07) is 11.7. The van der Waals surface area contributed by atoms with E-state index in [9.17, 15) is 18.0 Å². The number of carbonyl (C=O) groups is 2. The summed E-state index contributed by atoms with van der Waals surface area (Å²) in [6.07, 6.45) is -0.0127. The summed E-state index contributed by atoms with van der Waals surface area (Å²) >= 11 is 0. The molecule has 0 spiro atoms. The maximum absolute atomic E-state index is 12.9. The van der Waals surface area contributed by atoms with E-state index in [1.165, 1.54) is 17.5 Å². The Bertz CT molecular complexity index is 1120. The molecule has 0 saturated heterocycles. The van der Waals surface area contributed by atoms with Gasteiger partial charge in [0, 0.05) is 0 Å². The number of nitrogens with one attached hydrogen (secondary N) is 1. The van der Waals surface area contributed by atoms with Crippen LogP contribution in [0.2, 0.25) is 0 Å². The highest BCUT2D eigenvalue weighted by atomic mass is 32.2. The quantitative estimate of drug-likeness (QED) is 0.725. The molecule has 1 amide bonds. The van der Waals surface area contributed by atoms with E-state index >= 15 is 0 Å². The number of methoxy groups -OCH3 is 1. The molecule has 2 aromatic carbocycles. The van der Waals surface area contributed by atoms with E-state index in [2.05, 4.69) is 5.32 Å². The highest BCUT2D eigenvalue weighted by molar-refractivity contribution is 7.92. The lowest BCUT2D eigenvalue weighted by Gasteiger charge is -2.35. The summed E-state index contributed by atoms with van der Waals surface area (Å²) in [7, 11) is -2.42. The number of para-hydroxylation sites is 1. The summed E-state index contributed by atoms with van der Waals surface area (Å²) in [5.41, 5.74) is 1.59. The van der Waals surface area contributed by atoms with E-state index in [1.54, 1.807) is 30.3 Å². The van der Waals surface area contributed by atoms with E-state index in [4.69, 9.17) is 9.47 Å². The van der Waals surface area contributed by atoms with Crippen molar-refractivity contribution in [2.24, 2.45) is 0 Å². The topological polar surface area (TPSA) is 102 Å². The Kier molecular flexibility index (Phi) is 6.00. The van der Waals surface area contributed by atoms with Crippen LogP contribution in [0.15, 0.2) is 42.5 Å². The Morgan fingerprint density at radius 2 is 1.84 bits per heavy atom. The van der Waals surface area contributed by atoms with Gasteiger partial charge in [0.1, 0.15) is 5.75 Å². The first kappa shape index (κ1) is 22.6. The maximum Gasteiger partial charge on any atom is 0.339 e. The van der Waals surface area contributed by atoms with Gasteiger partial charge in [-0.3, -0.25) is 9.10 Å². The van der Waals surface area contributed by atoms with Crippen molar-refractivity contribution in [3.05, 3.63) is 53.6 Å². The number of rotatable bonds is 4. The van der Waals surface area contributed by atoms with Crippen molar-refractivity contribution in [1.82, 2.24) is 0 Å². The Balaban J connectivity index is 1.93. The van der Waals surface area contributed by atoms with Crippen molar-refractivity contribution < 1.29 is 27.5 Å². The van der Waals surface area contributed by atoms with Crippen LogP contribution in [0, 0.1) is 0 Å². The zero-order valence-electron chi connectivity index (χ0n) is 18.1. The minimum atomic E-state index is -3.67. The van der Waals surface area contributed by atoms with Crippen molar-refractivity contribution in [3.8, 4) is 5.75 Å². The number of esters is 1. The largest absolute Gasteiger partial charge is 0.476 e. The van der Waals surface area contributed by atoms with E-state index in [0.717, 1.165) is 11.8 Å². The zero-order chi connectivity index (χ0) is 23.0. The molecule has 0 aromatic heterocycles. The molecule has 0 fully saturated rings. The lowest BCUT2D eigenvalue weighted by molar-refractivity contribution is -0.122. The van der Waals surface area contributed by atoms with E-state index in [0.29, 0.717) is 11.4 Å². The third kappa shape index (κ3) is 4.82. The van der Waals surface area contributed by atoms with Gasteiger partial charge in [-0.1, -0.05) is 39.0 Å². The van der Waals surface area contributed by atoms with Gasteiger partial charge in [0.25, 0.3) is 5.91 Å². The molecule has 8 nitrogen and oxygen atoms in total. The van der Waals surface area contributed by atoms with Crippen LogP contribution in [0.1, 0.15) is 36.7 Å². The second-order valence-electron chi connectivity index (χ2n) is 8.36. The average Bonchev–Trinajstić information content (AvgIpc) is 2.70. The monoisotopic (exact) mass is 446 g/mol. The third-order valence-electron chi connectivity index (χ3n) is 4.98. The Hall–Kier alpha value is -3.07. The first-order chi connectivity index (χ1) is 14.4. The van der Waals surface area contributed by atoms with E-state index in [-0.39, 0.29) is 23.2 Å². The van der Waals surface area contributed by atoms with Crippen LogP contribution in [-0.4, -0.2) is 46.3 Å². The van der Waals surface area contributed by atoms with E-state index in [1.807, 2.05) is 26.8 Å². The van der Waals surface area contributed by atoms with Crippen molar-refractivity contribution in [2.45, 2.75) is 32.3 Å². The van der Waals surface area contributed by atoms with Crippen molar-refractivity contribution in [2.75, 3.05) is 29.5 Å². The predicted octanol–water partition coefficient (Wildman–Crippen LogP) is 2.94. The SMILES string of the molecule is COC(=O)c1ccccc1NC(=O)[C@@H]1CN(S(C)(=O)=O)c2cc(C(C)(C)C)ccc2O1. The molecule has 31 heavy (non-hydrogen) atoms. The van der Waals surface area contributed by atoms with E-state index < -0.39 is 28.0 Å². The first-order valence-corrected chi connectivity index (χ1v) is 11.5. The lowest BCUT2D eigenvalue weighted by atomic mass is 9.86. The fourth-order valence-corrected chi connectivity index (χ4v) is 4.17. The molecule has 2 aromatic rings. The number of carbonyl (C=O) groups excluding carboxylic acids is 2. The number of ether oxygens (including phenoxy) is 2. The molecule has 1 N–H and O–H groups in total.